The molecular weight excluding hydrogens is 342 g/mol. The Morgan fingerprint density at radius 1 is 1.18 bits per heavy atom. The van der Waals surface area contributed by atoms with Crippen LogP contribution in [0.25, 0.3) is 0 Å². The zero-order valence-electron chi connectivity index (χ0n) is 12.3. The van der Waals surface area contributed by atoms with Crippen molar-refractivity contribution in [1.82, 2.24) is 9.88 Å². The number of pyridine rings is 1. The summed E-state index contributed by atoms with van der Waals surface area (Å²) in [6.07, 6.45) is 3.67. The number of nitrogens with zero attached hydrogens (tertiary/aromatic N) is 2. The number of carbonyl (C=O) groups is 1. The lowest BCUT2D eigenvalue weighted by atomic mass is 10.1. The van der Waals surface area contributed by atoms with Crippen molar-refractivity contribution in [2.24, 2.45) is 0 Å². The van der Waals surface area contributed by atoms with Crippen molar-refractivity contribution in [2.45, 2.75) is 6.54 Å². The van der Waals surface area contributed by atoms with Gasteiger partial charge in [-0.25, -0.2) is 0 Å². The van der Waals surface area contributed by atoms with Gasteiger partial charge in [0.15, 0.2) is 0 Å². The van der Waals surface area contributed by atoms with Gasteiger partial charge in [-0.15, -0.1) is 0 Å². The van der Waals surface area contributed by atoms with E-state index in [0.29, 0.717) is 0 Å². The molecule has 0 spiro atoms. The van der Waals surface area contributed by atoms with Crippen LogP contribution in [0.15, 0.2) is 53.3 Å². The fourth-order valence-corrected chi connectivity index (χ4v) is 3.20. The van der Waals surface area contributed by atoms with Gasteiger partial charge in [-0.2, -0.15) is 0 Å². The lowest BCUT2D eigenvalue weighted by molar-refractivity contribution is -0.917. The van der Waals surface area contributed by atoms with E-state index in [1.165, 1.54) is 10.5 Å². The normalized spacial score (nSPS) is 15.8. The van der Waals surface area contributed by atoms with E-state index in [1.807, 2.05) is 41.6 Å². The molecule has 1 aromatic heterocycles. The van der Waals surface area contributed by atoms with Crippen LogP contribution >= 0.6 is 15.9 Å². The van der Waals surface area contributed by atoms with Gasteiger partial charge < -0.3 is 9.80 Å². The maximum atomic E-state index is 12.5. The van der Waals surface area contributed by atoms with Gasteiger partial charge in [-0.3, -0.25) is 9.78 Å². The van der Waals surface area contributed by atoms with Crippen molar-refractivity contribution in [3.05, 3.63) is 64.4 Å². The van der Waals surface area contributed by atoms with Crippen LogP contribution in [0.4, 0.5) is 0 Å². The highest BCUT2D eigenvalue weighted by atomic mass is 79.9. The predicted octanol–water partition coefficient (Wildman–Crippen LogP) is 1.39. The van der Waals surface area contributed by atoms with Gasteiger partial charge in [0.1, 0.15) is 6.54 Å². The van der Waals surface area contributed by atoms with Gasteiger partial charge in [-0.1, -0.05) is 22.0 Å². The van der Waals surface area contributed by atoms with Gasteiger partial charge in [0.2, 0.25) is 0 Å². The first-order chi connectivity index (χ1) is 10.7. The number of carbonyl (C=O) groups excluding carboxylic acids is 1. The van der Waals surface area contributed by atoms with Gasteiger partial charge in [0.25, 0.3) is 5.91 Å². The SMILES string of the molecule is O=C(c1cccc(Br)c1)N1CC[NH+](Cc2ccncc2)CC1. The Morgan fingerprint density at radius 3 is 2.59 bits per heavy atom. The van der Waals surface area contributed by atoms with Gasteiger partial charge in [0, 0.05) is 28.0 Å². The molecule has 0 radical (unpaired) electrons. The van der Waals surface area contributed by atoms with Crippen molar-refractivity contribution in [1.29, 1.82) is 0 Å². The number of quaternary nitrogens is 1. The van der Waals surface area contributed by atoms with Crippen LogP contribution in [0.3, 0.4) is 0 Å². The van der Waals surface area contributed by atoms with Crippen molar-refractivity contribution >= 4 is 21.8 Å². The molecule has 4 nitrogen and oxygen atoms in total. The van der Waals surface area contributed by atoms with E-state index in [4.69, 9.17) is 0 Å². The van der Waals surface area contributed by atoms with Crippen LogP contribution in [-0.2, 0) is 6.54 Å². The Balaban J connectivity index is 1.56. The molecule has 1 fully saturated rings. The molecular formula is C17H19BrN3O+. The summed E-state index contributed by atoms with van der Waals surface area (Å²) in [6, 6.07) is 11.7. The van der Waals surface area contributed by atoms with E-state index in [-0.39, 0.29) is 5.91 Å². The number of piperazine rings is 1. The van der Waals surface area contributed by atoms with Crippen molar-refractivity contribution in [3.8, 4) is 0 Å². The second-order valence-corrected chi connectivity index (χ2v) is 6.50. The summed E-state index contributed by atoms with van der Waals surface area (Å²) in [4.78, 5) is 20.0. The number of amides is 1. The minimum absolute atomic E-state index is 0.129. The Kier molecular flexibility index (Phi) is 4.85. The molecule has 1 aliphatic rings. The molecule has 1 aliphatic heterocycles. The molecule has 5 heteroatoms. The third kappa shape index (κ3) is 3.72. The number of benzene rings is 1. The fraction of sp³-hybridized carbons (Fsp3) is 0.294. The molecule has 0 saturated carbocycles. The molecule has 2 heterocycles. The van der Waals surface area contributed by atoms with Crippen molar-refractivity contribution in [2.75, 3.05) is 26.2 Å². The average Bonchev–Trinajstić information content (AvgIpc) is 2.56. The number of aromatic nitrogens is 1. The summed E-state index contributed by atoms with van der Waals surface area (Å²) in [5, 5.41) is 0. The molecule has 1 amide bonds. The standard InChI is InChI=1S/C17H18BrN3O/c18-16-3-1-2-15(12-16)17(22)21-10-8-20(9-11-21)13-14-4-6-19-7-5-14/h1-7,12H,8-11,13H2/p+1. The Morgan fingerprint density at radius 2 is 1.91 bits per heavy atom. The Labute approximate surface area is 138 Å². The minimum atomic E-state index is 0.129. The largest absolute Gasteiger partial charge is 0.328 e. The first-order valence-electron chi connectivity index (χ1n) is 7.50. The molecule has 1 N–H and O–H groups in total. The second kappa shape index (κ2) is 7.03. The fourth-order valence-electron chi connectivity index (χ4n) is 2.80. The zero-order valence-corrected chi connectivity index (χ0v) is 13.9. The zero-order chi connectivity index (χ0) is 15.4. The topological polar surface area (TPSA) is 37.6 Å². The minimum Gasteiger partial charge on any atom is -0.328 e. The van der Waals surface area contributed by atoms with Crippen LogP contribution in [0.1, 0.15) is 15.9 Å². The van der Waals surface area contributed by atoms with E-state index in [2.05, 4.69) is 33.0 Å². The molecule has 3 rings (SSSR count). The molecule has 2 aromatic rings. The van der Waals surface area contributed by atoms with Crippen molar-refractivity contribution in [3.63, 3.8) is 0 Å². The third-order valence-corrected chi connectivity index (χ3v) is 4.53. The number of halogens is 1. The summed E-state index contributed by atoms with van der Waals surface area (Å²) in [6.45, 7) is 4.60. The van der Waals surface area contributed by atoms with Crippen molar-refractivity contribution < 1.29 is 9.69 Å². The molecule has 0 unspecified atom stereocenters. The van der Waals surface area contributed by atoms with E-state index in [0.717, 1.165) is 42.8 Å². The molecule has 1 aromatic carbocycles. The summed E-state index contributed by atoms with van der Waals surface area (Å²) >= 11 is 3.42. The smallest absolute Gasteiger partial charge is 0.254 e. The van der Waals surface area contributed by atoms with Gasteiger partial charge in [0.05, 0.1) is 26.2 Å². The Bertz CT molecular complexity index is 639. The molecule has 1 saturated heterocycles. The van der Waals surface area contributed by atoms with E-state index in [1.54, 1.807) is 0 Å². The highest BCUT2D eigenvalue weighted by molar-refractivity contribution is 9.10. The van der Waals surface area contributed by atoms with E-state index in [9.17, 15) is 4.79 Å². The number of rotatable bonds is 3. The van der Waals surface area contributed by atoms with Crippen LogP contribution < -0.4 is 4.90 Å². The molecule has 22 heavy (non-hydrogen) atoms. The molecule has 114 valence electrons. The number of nitrogens with one attached hydrogen (secondary N) is 1. The molecule has 0 aliphatic carbocycles. The van der Waals surface area contributed by atoms with Gasteiger partial charge >= 0.3 is 0 Å². The highest BCUT2D eigenvalue weighted by Crippen LogP contribution is 2.13. The quantitative estimate of drug-likeness (QED) is 0.897. The molecule has 0 atom stereocenters. The van der Waals surface area contributed by atoms with E-state index >= 15 is 0 Å². The number of hydrogen-bond acceptors (Lipinski definition) is 2. The molecule has 0 bridgehead atoms. The summed E-state index contributed by atoms with van der Waals surface area (Å²) in [5.74, 6) is 0.129. The average molecular weight is 361 g/mol. The summed E-state index contributed by atoms with van der Waals surface area (Å²) in [5.41, 5.74) is 2.06. The highest BCUT2D eigenvalue weighted by Gasteiger charge is 2.24. The summed E-state index contributed by atoms with van der Waals surface area (Å²) < 4.78 is 0.945. The van der Waals surface area contributed by atoms with E-state index < -0.39 is 0 Å². The second-order valence-electron chi connectivity index (χ2n) is 5.58. The summed E-state index contributed by atoms with van der Waals surface area (Å²) in [7, 11) is 0. The van der Waals surface area contributed by atoms with Crippen LogP contribution in [-0.4, -0.2) is 42.0 Å². The van der Waals surface area contributed by atoms with Crippen LogP contribution in [0, 0.1) is 0 Å². The maximum Gasteiger partial charge on any atom is 0.254 e. The monoisotopic (exact) mass is 360 g/mol. The van der Waals surface area contributed by atoms with Crippen LogP contribution in [0.2, 0.25) is 0 Å². The lowest BCUT2D eigenvalue weighted by Crippen LogP contribution is -3.13. The first-order valence-corrected chi connectivity index (χ1v) is 8.29. The predicted molar refractivity (Wildman–Crippen MR) is 88.7 cm³/mol. The van der Waals surface area contributed by atoms with Gasteiger partial charge in [-0.05, 0) is 30.3 Å². The number of hydrogen-bond donors (Lipinski definition) is 1. The maximum absolute atomic E-state index is 12.5. The first kappa shape index (κ1) is 15.2. The lowest BCUT2D eigenvalue weighted by Gasteiger charge is -2.32. The third-order valence-electron chi connectivity index (χ3n) is 4.03. The van der Waals surface area contributed by atoms with Crippen LogP contribution in [0.5, 0.6) is 0 Å². The Hall–Kier alpha value is -1.72.